The lowest BCUT2D eigenvalue weighted by Crippen LogP contribution is -2.31. The molecule has 0 spiro atoms. The van der Waals surface area contributed by atoms with Crippen molar-refractivity contribution in [3.05, 3.63) is 66.4 Å². The Morgan fingerprint density at radius 2 is 2.13 bits per heavy atom. The van der Waals surface area contributed by atoms with E-state index in [9.17, 15) is 4.79 Å². The zero-order valence-corrected chi connectivity index (χ0v) is 18.3. The van der Waals surface area contributed by atoms with E-state index in [-0.39, 0.29) is 24.0 Å². The third-order valence-corrected chi connectivity index (χ3v) is 5.51. The van der Waals surface area contributed by atoms with E-state index < -0.39 is 0 Å². The minimum atomic E-state index is -0.325. The topological polar surface area (TPSA) is 78.6 Å². The van der Waals surface area contributed by atoms with Gasteiger partial charge in [0.15, 0.2) is 17.4 Å². The second kappa shape index (κ2) is 11.3. The van der Waals surface area contributed by atoms with Crippen LogP contribution in [0.2, 0.25) is 0 Å². The molecule has 7 heteroatoms. The highest BCUT2D eigenvalue weighted by Crippen LogP contribution is 2.29. The summed E-state index contributed by atoms with van der Waals surface area (Å²) in [4.78, 5) is 23.0. The Kier molecular flexibility index (Phi) is 8.18. The standard InChI is InChI=1S/C24H26N4O2S/c1-28-23-21(14-8-16-27-23)30-17-19(24(28)31)12-7-13-20(29)22(25)26-15-6-5-11-18-9-3-2-4-10-18/h2-4,7-10,12,14-16,19,25H,5-6,11,13,17H2,1H3/b12-7+,25-22?,26-15+/t19-/m0/s1. The van der Waals surface area contributed by atoms with Crippen LogP contribution in [0.1, 0.15) is 24.8 Å². The summed E-state index contributed by atoms with van der Waals surface area (Å²) in [6.45, 7) is 0.379. The average Bonchev–Trinajstić information content (AvgIpc) is 2.91. The summed E-state index contributed by atoms with van der Waals surface area (Å²) in [7, 11) is 1.86. The van der Waals surface area contributed by atoms with Crippen molar-refractivity contribution in [2.75, 3.05) is 18.6 Å². The number of carbonyl (C=O) groups is 1. The van der Waals surface area contributed by atoms with Crippen molar-refractivity contribution in [2.45, 2.75) is 25.7 Å². The van der Waals surface area contributed by atoms with E-state index in [1.165, 1.54) is 5.56 Å². The van der Waals surface area contributed by atoms with E-state index >= 15 is 0 Å². The summed E-state index contributed by atoms with van der Waals surface area (Å²) in [5.41, 5.74) is 1.28. The Morgan fingerprint density at radius 1 is 1.32 bits per heavy atom. The van der Waals surface area contributed by atoms with Crippen molar-refractivity contribution in [2.24, 2.45) is 10.9 Å². The molecule has 3 rings (SSSR count). The molecule has 1 N–H and O–H groups in total. The fraction of sp³-hybridized carbons (Fsp3) is 0.292. The third-order valence-electron chi connectivity index (χ3n) is 4.93. The zero-order chi connectivity index (χ0) is 22.1. The monoisotopic (exact) mass is 434 g/mol. The van der Waals surface area contributed by atoms with Gasteiger partial charge in [-0.05, 0) is 37.0 Å². The van der Waals surface area contributed by atoms with Crippen LogP contribution in [0.4, 0.5) is 5.82 Å². The predicted molar refractivity (Wildman–Crippen MR) is 129 cm³/mol. The summed E-state index contributed by atoms with van der Waals surface area (Å²) >= 11 is 5.56. The highest BCUT2D eigenvalue weighted by Gasteiger charge is 2.25. The SMILES string of the molecule is CN1C(=S)[C@@H](/C=C/CC(=O)C(=N)/N=C/CCCc2ccccc2)COc2cccnc21. The number of benzene rings is 1. The van der Waals surface area contributed by atoms with E-state index in [4.69, 9.17) is 22.4 Å². The molecule has 6 nitrogen and oxygen atoms in total. The van der Waals surface area contributed by atoms with Crippen molar-refractivity contribution >= 4 is 40.9 Å². The minimum Gasteiger partial charge on any atom is -0.489 e. The van der Waals surface area contributed by atoms with Crippen LogP contribution in [0.25, 0.3) is 0 Å². The van der Waals surface area contributed by atoms with Gasteiger partial charge in [0, 0.05) is 25.9 Å². The van der Waals surface area contributed by atoms with Crippen LogP contribution in [0.3, 0.4) is 0 Å². The van der Waals surface area contributed by atoms with E-state index in [0.29, 0.717) is 23.2 Å². The molecule has 2 aromatic rings. The van der Waals surface area contributed by atoms with Crippen LogP contribution in [-0.2, 0) is 11.2 Å². The largest absolute Gasteiger partial charge is 0.489 e. The first-order chi connectivity index (χ1) is 15.1. The quantitative estimate of drug-likeness (QED) is 0.218. The highest BCUT2D eigenvalue weighted by molar-refractivity contribution is 7.80. The summed E-state index contributed by atoms with van der Waals surface area (Å²) < 4.78 is 5.82. The molecule has 0 amide bonds. The molecule has 1 aromatic heterocycles. The zero-order valence-electron chi connectivity index (χ0n) is 17.5. The molecular formula is C24H26N4O2S. The van der Waals surface area contributed by atoms with Gasteiger partial charge in [-0.25, -0.2) is 9.98 Å². The van der Waals surface area contributed by atoms with Gasteiger partial charge < -0.3 is 9.64 Å². The Hall–Kier alpha value is -3.19. The molecule has 0 bridgehead atoms. The molecule has 0 aliphatic carbocycles. The van der Waals surface area contributed by atoms with Crippen molar-refractivity contribution in [1.82, 2.24) is 4.98 Å². The van der Waals surface area contributed by atoms with Crippen LogP contribution in [0, 0.1) is 11.3 Å². The number of anilines is 1. The lowest BCUT2D eigenvalue weighted by molar-refractivity contribution is -0.112. The van der Waals surface area contributed by atoms with E-state index in [1.807, 2.05) is 48.4 Å². The number of nitrogens with zero attached hydrogens (tertiary/aromatic N) is 3. The fourth-order valence-corrected chi connectivity index (χ4v) is 3.43. The molecule has 0 saturated heterocycles. The van der Waals surface area contributed by atoms with Crippen LogP contribution in [0.15, 0.2) is 65.8 Å². The molecule has 2 heterocycles. The van der Waals surface area contributed by atoms with Crippen molar-refractivity contribution in [3.8, 4) is 5.75 Å². The maximum Gasteiger partial charge on any atom is 0.203 e. The average molecular weight is 435 g/mol. The van der Waals surface area contributed by atoms with Crippen molar-refractivity contribution in [3.63, 3.8) is 0 Å². The molecule has 0 saturated carbocycles. The molecule has 1 aliphatic rings. The van der Waals surface area contributed by atoms with Gasteiger partial charge in [-0.2, -0.15) is 0 Å². The number of nitrogens with one attached hydrogen (secondary N) is 1. The van der Waals surface area contributed by atoms with Gasteiger partial charge in [-0.3, -0.25) is 10.2 Å². The third kappa shape index (κ3) is 6.39. The number of carbonyl (C=O) groups excluding carboxylic acids is 1. The number of aliphatic imine (C=N–C) groups is 1. The van der Waals surface area contributed by atoms with Crippen LogP contribution in [0.5, 0.6) is 5.75 Å². The number of allylic oxidation sites excluding steroid dienone is 1. The number of rotatable bonds is 8. The second-order valence-corrected chi connectivity index (χ2v) is 7.65. The number of ketones is 1. The molecule has 0 unspecified atom stereocenters. The first kappa shape index (κ1) is 22.5. The summed E-state index contributed by atoms with van der Waals surface area (Å²) in [6, 6.07) is 13.9. The number of Topliss-reactive ketones (excluding diaryl/α,β-unsaturated/α-hetero) is 1. The Bertz CT molecular complexity index is 988. The molecule has 160 valence electrons. The second-order valence-electron chi connectivity index (χ2n) is 7.23. The van der Waals surface area contributed by atoms with Crippen molar-refractivity contribution < 1.29 is 9.53 Å². The van der Waals surface area contributed by atoms with Crippen molar-refractivity contribution in [1.29, 1.82) is 5.41 Å². The first-order valence-electron chi connectivity index (χ1n) is 10.3. The van der Waals surface area contributed by atoms with E-state index in [1.54, 1.807) is 18.5 Å². The van der Waals surface area contributed by atoms with Crippen LogP contribution < -0.4 is 9.64 Å². The predicted octanol–water partition coefficient (Wildman–Crippen LogP) is 4.44. The van der Waals surface area contributed by atoms with Gasteiger partial charge in [0.1, 0.15) is 6.61 Å². The number of hydrogen-bond acceptors (Lipinski definition) is 5. The number of ether oxygens (including phenoxy) is 1. The van der Waals surface area contributed by atoms with Gasteiger partial charge in [-0.1, -0.05) is 54.7 Å². The molecular weight excluding hydrogens is 408 g/mol. The Morgan fingerprint density at radius 3 is 2.94 bits per heavy atom. The number of aromatic nitrogens is 1. The van der Waals surface area contributed by atoms with Crippen LogP contribution >= 0.6 is 12.2 Å². The molecule has 31 heavy (non-hydrogen) atoms. The lowest BCUT2D eigenvalue weighted by atomic mass is 10.1. The Labute approximate surface area is 188 Å². The smallest absolute Gasteiger partial charge is 0.203 e. The number of fused-ring (bicyclic) bond motifs is 1. The molecule has 1 aliphatic heterocycles. The highest BCUT2D eigenvalue weighted by atomic mass is 32.1. The van der Waals surface area contributed by atoms with Gasteiger partial charge in [0.25, 0.3) is 0 Å². The summed E-state index contributed by atoms with van der Waals surface area (Å²) in [5, 5.41) is 7.86. The molecule has 1 atom stereocenters. The summed E-state index contributed by atoms with van der Waals surface area (Å²) in [5.74, 6) is 0.662. The van der Waals surface area contributed by atoms with E-state index in [2.05, 4.69) is 22.1 Å². The molecule has 1 aromatic carbocycles. The normalized spacial score (nSPS) is 16.2. The number of amidine groups is 1. The van der Waals surface area contributed by atoms with Crippen LogP contribution in [-0.4, -0.2) is 41.5 Å². The number of aryl methyl sites for hydroxylation is 1. The first-order valence-corrected chi connectivity index (χ1v) is 10.7. The fourth-order valence-electron chi connectivity index (χ4n) is 3.19. The van der Waals surface area contributed by atoms with Gasteiger partial charge >= 0.3 is 0 Å². The molecule has 0 radical (unpaired) electrons. The molecule has 0 fully saturated rings. The van der Waals surface area contributed by atoms with Gasteiger partial charge in [-0.15, -0.1) is 0 Å². The number of unbranched alkanes of at least 4 members (excludes halogenated alkanes) is 1. The van der Waals surface area contributed by atoms with Gasteiger partial charge in [0.05, 0.1) is 10.9 Å². The number of pyridine rings is 1. The van der Waals surface area contributed by atoms with E-state index in [0.717, 1.165) is 19.3 Å². The maximum absolute atomic E-state index is 12.2. The van der Waals surface area contributed by atoms with Gasteiger partial charge in [0.2, 0.25) is 5.78 Å². The number of thiocarbonyl (C=S) groups is 1. The minimum absolute atomic E-state index is 0.105. The number of hydrogen-bond donors (Lipinski definition) is 1. The maximum atomic E-state index is 12.2. The Balaban J connectivity index is 1.44. The lowest BCUT2D eigenvalue weighted by Gasteiger charge is -2.19. The summed E-state index contributed by atoms with van der Waals surface area (Å²) in [6.07, 6.45) is 9.67.